The molecule has 6 heteroatoms. The van der Waals surface area contributed by atoms with Gasteiger partial charge in [0.05, 0.1) is 10.6 Å². The van der Waals surface area contributed by atoms with Gasteiger partial charge < -0.3 is 10.4 Å². The summed E-state index contributed by atoms with van der Waals surface area (Å²) in [7, 11) is 0. The molecule has 20 heavy (non-hydrogen) atoms. The van der Waals surface area contributed by atoms with Crippen LogP contribution in [0.5, 0.6) is 0 Å². The van der Waals surface area contributed by atoms with E-state index in [0.717, 1.165) is 12.1 Å². The largest absolute Gasteiger partial charge is 0.478 e. The Labute approximate surface area is 121 Å². The molecule has 0 aliphatic carbocycles. The van der Waals surface area contributed by atoms with Crippen LogP contribution in [-0.4, -0.2) is 21.0 Å². The van der Waals surface area contributed by atoms with E-state index in [9.17, 15) is 4.79 Å². The Balaban J connectivity index is 2.32. The molecular formula is C14H14ClN3O2. The van der Waals surface area contributed by atoms with Gasteiger partial charge in [0.2, 0.25) is 0 Å². The maximum absolute atomic E-state index is 11.0. The summed E-state index contributed by atoms with van der Waals surface area (Å²) in [6.07, 6.45) is 0.805. The summed E-state index contributed by atoms with van der Waals surface area (Å²) in [4.78, 5) is 19.6. The number of hydrogen-bond donors (Lipinski definition) is 2. The van der Waals surface area contributed by atoms with Gasteiger partial charge in [-0.2, -0.15) is 0 Å². The quantitative estimate of drug-likeness (QED) is 0.902. The number of aromatic nitrogens is 2. The molecule has 5 nitrogen and oxygen atoms in total. The molecule has 0 saturated heterocycles. The number of hydrogen-bond acceptors (Lipinski definition) is 4. The number of benzene rings is 1. The topological polar surface area (TPSA) is 75.1 Å². The molecule has 104 valence electrons. The fraction of sp³-hybridized carbons (Fsp3) is 0.214. The number of aryl methyl sites for hydroxylation is 2. The molecule has 0 atom stereocenters. The first-order valence-electron chi connectivity index (χ1n) is 6.14. The number of rotatable bonds is 4. The van der Waals surface area contributed by atoms with Crippen molar-refractivity contribution in [1.29, 1.82) is 0 Å². The Bertz CT molecular complexity index is 659. The van der Waals surface area contributed by atoms with Crippen molar-refractivity contribution >= 4 is 29.1 Å². The molecule has 1 aromatic heterocycles. The van der Waals surface area contributed by atoms with Gasteiger partial charge >= 0.3 is 5.97 Å². The van der Waals surface area contributed by atoms with Crippen molar-refractivity contribution in [2.24, 2.45) is 0 Å². The molecule has 0 aliphatic heterocycles. The number of carbonyl (C=O) groups is 1. The Morgan fingerprint density at radius 1 is 1.35 bits per heavy atom. The molecule has 2 N–H and O–H groups in total. The minimum atomic E-state index is -1.06. The first-order valence-corrected chi connectivity index (χ1v) is 6.52. The summed E-state index contributed by atoms with van der Waals surface area (Å²) >= 11 is 5.83. The normalized spacial score (nSPS) is 10.3. The number of nitrogens with one attached hydrogen (secondary N) is 1. The van der Waals surface area contributed by atoms with Crippen LogP contribution in [0.2, 0.25) is 5.02 Å². The smallest absolute Gasteiger partial charge is 0.337 e. The van der Waals surface area contributed by atoms with E-state index in [0.29, 0.717) is 17.3 Å². The predicted octanol–water partition coefficient (Wildman–Crippen LogP) is 3.44. The summed E-state index contributed by atoms with van der Waals surface area (Å²) in [5, 5.41) is 12.3. The highest BCUT2D eigenvalue weighted by molar-refractivity contribution is 6.33. The average molecular weight is 292 g/mol. The van der Waals surface area contributed by atoms with Gasteiger partial charge in [0.1, 0.15) is 11.6 Å². The predicted molar refractivity (Wildman–Crippen MR) is 77.8 cm³/mol. The van der Waals surface area contributed by atoms with E-state index in [1.165, 1.54) is 6.07 Å². The molecule has 2 rings (SSSR count). The first-order chi connectivity index (χ1) is 9.49. The van der Waals surface area contributed by atoms with Gasteiger partial charge in [0, 0.05) is 17.4 Å². The maximum Gasteiger partial charge on any atom is 0.337 e. The minimum absolute atomic E-state index is 0.0539. The number of nitrogens with zero attached hydrogens (tertiary/aromatic N) is 2. The fourth-order valence-corrected chi connectivity index (χ4v) is 1.99. The second-order valence-electron chi connectivity index (χ2n) is 4.27. The summed E-state index contributed by atoms with van der Waals surface area (Å²) in [6.45, 7) is 3.82. The number of halogens is 1. The third-order valence-corrected chi connectivity index (χ3v) is 3.05. The second-order valence-corrected chi connectivity index (χ2v) is 4.68. The molecule has 0 radical (unpaired) electrons. The average Bonchev–Trinajstić information content (AvgIpc) is 2.40. The van der Waals surface area contributed by atoms with E-state index in [2.05, 4.69) is 15.3 Å². The van der Waals surface area contributed by atoms with Gasteiger partial charge in [-0.3, -0.25) is 0 Å². The number of aromatic carboxylic acids is 1. The second kappa shape index (κ2) is 5.88. The van der Waals surface area contributed by atoms with E-state index in [1.807, 2.05) is 19.9 Å². The van der Waals surface area contributed by atoms with Gasteiger partial charge in [0.25, 0.3) is 0 Å². The van der Waals surface area contributed by atoms with Gasteiger partial charge in [-0.1, -0.05) is 18.5 Å². The third-order valence-electron chi connectivity index (χ3n) is 2.72. The molecule has 0 bridgehead atoms. The summed E-state index contributed by atoms with van der Waals surface area (Å²) in [5.74, 6) is 0.235. The zero-order valence-corrected chi connectivity index (χ0v) is 11.9. The van der Waals surface area contributed by atoms with Crippen LogP contribution in [0.4, 0.5) is 11.5 Å². The van der Waals surface area contributed by atoms with E-state index < -0.39 is 5.97 Å². The lowest BCUT2D eigenvalue weighted by Gasteiger charge is -2.09. The van der Waals surface area contributed by atoms with Crippen molar-refractivity contribution in [1.82, 2.24) is 9.97 Å². The molecule has 0 amide bonds. The van der Waals surface area contributed by atoms with Gasteiger partial charge in [0.15, 0.2) is 0 Å². The van der Waals surface area contributed by atoms with Crippen LogP contribution in [-0.2, 0) is 6.42 Å². The van der Waals surface area contributed by atoms with Gasteiger partial charge in [-0.05, 0) is 31.5 Å². The van der Waals surface area contributed by atoms with Crippen molar-refractivity contribution in [3.05, 3.63) is 46.4 Å². The Kier molecular flexibility index (Phi) is 4.20. The van der Waals surface area contributed by atoms with Crippen molar-refractivity contribution in [3.8, 4) is 0 Å². The lowest BCUT2D eigenvalue weighted by molar-refractivity contribution is 0.0697. The Morgan fingerprint density at radius 2 is 2.10 bits per heavy atom. The summed E-state index contributed by atoms with van der Waals surface area (Å²) in [6, 6.07) is 6.57. The number of carboxylic acids is 1. The van der Waals surface area contributed by atoms with E-state index in [4.69, 9.17) is 16.7 Å². The van der Waals surface area contributed by atoms with Gasteiger partial charge in [-0.25, -0.2) is 14.8 Å². The van der Waals surface area contributed by atoms with Crippen LogP contribution in [0.25, 0.3) is 0 Å². The Morgan fingerprint density at radius 3 is 2.75 bits per heavy atom. The van der Waals surface area contributed by atoms with Crippen LogP contribution >= 0.6 is 11.6 Å². The van der Waals surface area contributed by atoms with Crippen LogP contribution in [0.1, 0.15) is 28.8 Å². The highest BCUT2D eigenvalue weighted by atomic mass is 35.5. The molecule has 2 aromatic rings. The lowest BCUT2D eigenvalue weighted by atomic mass is 10.2. The van der Waals surface area contributed by atoms with Gasteiger partial charge in [-0.15, -0.1) is 0 Å². The molecule has 1 heterocycles. The summed E-state index contributed by atoms with van der Waals surface area (Å²) in [5.41, 5.74) is 1.59. The highest BCUT2D eigenvalue weighted by Crippen LogP contribution is 2.23. The van der Waals surface area contributed by atoms with E-state index >= 15 is 0 Å². The molecule has 0 fully saturated rings. The molecule has 0 aliphatic rings. The van der Waals surface area contributed by atoms with Crippen molar-refractivity contribution < 1.29 is 9.90 Å². The van der Waals surface area contributed by atoms with Crippen molar-refractivity contribution in [2.75, 3.05) is 5.32 Å². The van der Waals surface area contributed by atoms with E-state index in [-0.39, 0.29) is 10.6 Å². The lowest BCUT2D eigenvalue weighted by Crippen LogP contribution is -2.02. The SMILES string of the molecule is CCc1cc(Nc2ccc(Cl)c(C(=O)O)c2)nc(C)n1. The van der Waals surface area contributed by atoms with Crippen LogP contribution in [0.15, 0.2) is 24.3 Å². The molecule has 0 unspecified atom stereocenters. The third kappa shape index (κ3) is 3.24. The van der Waals surface area contributed by atoms with Crippen LogP contribution in [0.3, 0.4) is 0 Å². The zero-order chi connectivity index (χ0) is 14.7. The van der Waals surface area contributed by atoms with E-state index in [1.54, 1.807) is 12.1 Å². The zero-order valence-electron chi connectivity index (χ0n) is 11.1. The number of anilines is 2. The van der Waals surface area contributed by atoms with Crippen LogP contribution < -0.4 is 5.32 Å². The monoisotopic (exact) mass is 291 g/mol. The highest BCUT2D eigenvalue weighted by Gasteiger charge is 2.10. The first kappa shape index (κ1) is 14.3. The number of carboxylic acid groups (broad SMARTS) is 1. The maximum atomic E-state index is 11.0. The fourth-order valence-electron chi connectivity index (χ4n) is 1.79. The molecule has 0 spiro atoms. The standard InChI is InChI=1S/C14H14ClN3O2/c1-3-9-7-13(17-8(2)16-9)18-10-4-5-12(15)11(6-10)14(19)20/h4-7H,3H2,1-2H3,(H,19,20)(H,16,17,18). The Hall–Kier alpha value is -2.14. The van der Waals surface area contributed by atoms with Crippen molar-refractivity contribution in [2.45, 2.75) is 20.3 Å². The molecule has 0 saturated carbocycles. The van der Waals surface area contributed by atoms with Crippen LogP contribution in [0, 0.1) is 6.92 Å². The minimum Gasteiger partial charge on any atom is -0.478 e. The molecular weight excluding hydrogens is 278 g/mol. The summed E-state index contributed by atoms with van der Waals surface area (Å²) < 4.78 is 0. The molecule has 1 aromatic carbocycles. The van der Waals surface area contributed by atoms with Crippen molar-refractivity contribution in [3.63, 3.8) is 0 Å².